The number of nitrogens with one attached hydrogen (secondary N) is 1. The third-order valence-electron chi connectivity index (χ3n) is 2.90. The molecule has 7 nitrogen and oxygen atoms in total. The fourth-order valence-electron chi connectivity index (χ4n) is 1.87. The molecule has 0 saturated carbocycles. The Morgan fingerprint density at radius 3 is 2.71 bits per heavy atom. The van der Waals surface area contributed by atoms with Gasteiger partial charge in [-0.25, -0.2) is 4.98 Å². The van der Waals surface area contributed by atoms with Gasteiger partial charge < -0.3 is 15.0 Å². The van der Waals surface area contributed by atoms with E-state index >= 15 is 0 Å². The molecule has 21 heavy (non-hydrogen) atoms. The van der Waals surface area contributed by atoms with E-state index in [-0.39, 0.29) is 0 Å². The maximum absolute atomic E-state index is 5.36. The number of morpholine rings is 1. The number of nitrogens with zero attached hydrogens (tertiary/aromatic N) is 5. The minimum Gasteiger partial charge on any atom is -0.378 e. The van der Waals surface area contributed by atoms with Gasteiger partial charge >= 0.3 is 0 Å². The molecule has 1 aliphatic heterocycles. The van der Waals surface area contributed by atoms with E-state index in [1.165, 1.54) is 11.8 Å². The normalized spacial score (nSPS) is 15.2. The summed E-state index contributed by atoms with van der Waals surface area (Å²) >= 11 is 3.06. The van der Waals surface area contributed by atoms with Crippen molar-refractivity contribution in [2.75, 3.05) is 43.6 Å². The van der Waals surface area contributed by atoms with Crippen molar-refractivity contribution in [3.63, 3.8) is 0 Å². The minimum atomic E-state index is 0.572. The smallest absolute Gasteiger partial charge is 0.231 e. The third kappa shape index (κ3) is 3.60. The zero-order chi connectivity index (χ0) is 14.7. The Kier molecular flexibility index (Phi) is 4.51. The standard InChI is InChI=1S/C12H16N6OS2/c1-8-7-20-12(14-8)21-11-16-9(13-2)15-10(17-11)18-3-5-19-6-4-18/h7H,3-6H2,1-2H3,(H,13,15,16,17). The van der Waals surface area contributed by atoms with Gasteiger partial charge in [0, 0.05) is 31.2 Å². The lowest BCUT2D eigenvalue weighted by atomic mass is 10.4. The highest BCUT2D eigenvalue weighted by Gasteiger charge is 2.17. The molecule has 0 bridgehead atoms. The molecule has 3 heterocycles. The molecular formula is C12H16N6OS2. The number of rotatable bonds is 4. The highest BCUT2D eigenvalue weighted by Crippen LogP contribution is 2.29. The first-order chi connectivity index (χ1) is 10.2. The van der Waals surface area contributed by atoms with Crippen LogP contribution in [0.25, 0.3) is 0 Å². The molecule has 2 aromatic heterocycles. The van der Waals surface area contributed by atoms with Crippen LogP contribution in [-0.4, -0.2) is 53.3 Å². The molecule has 0 aliphatic carbocycles. The van der Waals surface area contributed by atoms with Crippen LogP contribution in [0.4, 0.5) is 11.9 Å². The number of aryl methyl sites for hydroxylation is 1. The zero-order valence-corrected chi connectivity index (χ0v) is 13.5. The summed E-state index contributed by atoms with van der Waals surface area (Å²) in [5.74, 6) is 1.26. The van der Waals surface area contributed by atoms with E-state index in [4.69, 9.17) is 4.74 Å². The molecule has 112 valence electrons. The Bertz CT molecular complexity index is 614. The molecule has 1 fully saturated rings. The fourth-order valence-corrected chi connectivity index (χ4v) is 3.55. The van der Waals surface area contributed by atoms with Crippen LogP contribution in [0.5, 0.6) is 0 Å². The first kappa shape index (κ1) is 14.5. The summed E-state index contributed by atoms with van der Waals surface area (Å²) in [6.07, 6.45) is 0. The van der Waals surface area contributed by atoms with Crippen molar-refractivity contribution in [3.05, 3.63) is 11.1 Å². The molecule has 0 aromatic carbocycles. The predicted molar refractivity (Wildman–Crippen MR) is 83.4 cm³/mol. The van der Waals surface area contributed by atoms with Crippen LogP contribution in [0, 0.1) is 6.92 Å². The Morgan fingerprint density at radius 1 is 1.24 bits per heavy atom. The Labute approximate surface area is 131 Å². The monoisotopic (exact) mass is 324 g/mol. The zero-order valence-electron chi connectivity index (χ0n) is 11.9. The molecule has 3 rings (SSSR count). The number of aromatic nitrogens is 4. The predicted octanol–water partition coefficient (Wildman–Crippen LogP) is 1.67. The number of hydrogen-bond donors (Lipinski definition) is 1. The molecule has 0 unspecified atom stereocenters. The van der Waals surface area contributed by atoms with Gasteiger partial charge in [-0.2, -0.15) is 15.0 Å². The van der Waals surface area contributed by atoms with E-state index in [1.807, 2.05) is 12.3 Å². The van der Waals surface area contributed by atoms with Crippen LogP contribution in [0.15, 0.2) is 14.9 Å². The van der Waals surface area contributed by atoms with Gasteiger partial charge in [-0.15, -0.1) is 11.3 Å². The van der Waals surface area contributed by atoms with Gasteiger partial charge in [0.05, 0.1) is 13.2 Å². The van der Waals surface area contributed by atoms with Gasteiger partial charge in [0.15, 0.2) is 4.34 Å². The average molecular weight is 324 g/mol. The molecule has 1 saturated heterocycles. The van der Waals surface area contributed by atoms with Crippen molar-refractivity contribution < 1.29 is 4.74 Å². The highest BCUT2D eigenvalue weighted by molar-refractivity contribution is 8.00. The highest BCUT2D eigenvalue weighted by atomic mass is 32.2. The quantitative estimate of drug-likeness (QED) is 0.910. The first-order valence-electron chi connectivity index (χ1n) is 6.61. The molecule has 0 amide bonds. The van der Waals surface area contributed by atoms with E-state index in [1.54, 1.807) is 18.4 Å². The summed E-state index contributed by atoms with van der Waals surface area (Å²) in [6.45, 7) is 4.98. The second-order valence-corrected chi connectivity index (χ2v) is 6.52. The Balaban J connectivity index is 1.85. The van der Waals surface area contributed by atoms with E-state index in [2.05, 4.69) is 30.2 Å². The number of hydrogen-bond acceptors (Lipinski definition) is 9. The van der Waals surface area contributed by atoms with Crippen LogP contribution in [-0.2, 0) is 4.74 Å². The van der Waals surface area contributed by atoms with Gasteiger partial charge in [0.1, 0.15) is 0 Å². The van der Waals surface area contributed by atoms with Crippen LogP contribution in [0.2, 0.25) is 0 Å². The SMILES string of the molecule is CNc1nc(Sc2nc(C)cs2)nc(N2CCOCC2)n1. The Hall–Kier alpha value is -1.45. The van der Waals surface area contributed by atoms with E-state index in [9.17, 15) is 0 Å². The van der Waals surface area contributed by atoms with Crippen LogP contribution in [0.3, 0.4) is 0 Å². The van der Waals surface area contributed by atoms with Gasteiger partial charge in [-0.1, -0.05) is 0 Å². The summed E-state index contributed by atoms with van der Waals surface area (Å²) in [6, 6.07) is 0. The van der Waals surface area contributed by atoms with Crippen molar-refractivity contribution in [1.29, 1.82) is 0 Å². The second-order valence-electron chi connectivity index (χ2n) is 4.45. The van der Waals surface area contributed by atoms with Gasteiger partial charge in [0.25, 0.3) is 0 Å². The first-order valence-corrected chi connectivity index (χ1v) is 8.31. The third-order valence-corrected chi connectivity index (χ3v) is 4.82. The molecule has 1 N–H and O–H groups in total. The molecule has 0 radical (unpaired) electrons. The largest absolute Gasteiger partial charge is 0.378 e. The maximum atomic E-state index is 5.36. The van der Waals surface area contributed by atoms with E-state index in [0.29, 0.717) is 30.3 Å². The van der Waals surface area contributed by atoms with Crippen LogP contribution < -0.4 is 10.2 Å². The molecule has 0 atom stereocenters. The van der Waals surface area contributed by atoms with Gasteiger partial charge in [-0.05, 0) is 18.7 Å². The topological polar surface area (TPSA) is 76.1 Å². The summed E-state index contributed by atoms with van der Waals surface area (Å²) in [7, 11) is 1.81. The summed E-state index contributed by atoms with van der Waals surface area (Å²) in [5.41, 5.74) is 1.01. The summed E-state index contributed by atoms with van der Waals surface area (Å²) in [5, 5.41) is 5.66. The molecule has 0 spiro atoms. The lowest BCUT2D eigenvalue weighted by Crippen LogP contribution is -2.37. The maximum Gasteiger partial charge on any atom is 0.231 e. The summed E-state index contributed by atoms with van der Waals surface area (Å²) < 4.78 is 6.30. The van der Waals surface area contributed by atoms with Crippen molar-refractivity contribution in [2.45, 2.75) is 16.4 Å². The Morgan fingerprint density at radius 2 is 2.05 bits per heavy atom. The molecule has 2 aromatic rings. The van der Waals surface area contributed by atoms with Crippen molar-refractivity contribution in [3.8, 4) is 0 Å². The van der Waals surface area contributed by atoms with Crippen LogP contribution in [0.1, 0.15) is 5.69 Å². The lowest BCUT2D eigenvalue weighted by molar-refractivity contribution is 0.122. The molecule has 1 aliphatic rings. The summed E-state index contributed by atoms with van der Waals surface area (Å²) in [4.78, 5) is 19.9. The van der Waals surface area contributed by atoms with Gasteiger partial charge in [0.2, 0.25) is 17.1 Å². The van der Waals surface area contributed by atoms with Crippen LogP contribution >= 0.6 is 23.1 Å². The number of anilines is 2. The van der Waals surface area contributed by atoms with Crippen molar-refractivity contribution in [2.24, 2.45) is 0 Å². The number of ether oxygens (including phenoxy) is 1. The van der Waals surface area contributed by atoms with Crippen molar-refractivity contribution in [1.82, 2.24) is 19.9 Å². The fraction of sp³-hybridized carbons (Fsp3) is 0.500. The second kappa shape index (κ2) is 6.54. The molecular weight excluding hydrogens is 308 g/mol. The lowest BCUT2D eigenvalue weighted by Gasteiger charge is -2.26. The molecule has 9 heteroatoms. The minimum absolute atomic E-state index is 0.572. The average Bonchev–Trinajstić information content (AvgIpc) is 2.93. The van der Waals surface area contributed by atoms with Gasteiger partial charge in [-0.3, -0.25) is 0 Å². The van der Waals surface area contributed by atoms with E-state index in [0.717, 1.165) is 23.1 Å². The van der Waals surface area contributed by atoms with E-state index < -0.39 is 0 Å². The number of thiazole rings is 1. The van der Waals surface area contributed by atoms with Crippen molar-refractivity contribution >= 4 is 35.0 Å².